The van der Waals surface area contributed by atoms with Gasteiger partial charge in [0.2, 0.25) is 5.91 Å². The summed E-state index contributed by atoms with van der Waals surface area (Å²) in [5.41, 5.74) is 3.37. The summed E-state index contributed by atoms with van der Waals surface area (Å²) in [5, 5.41) is 0. The highest BCUT2D eigenvalue weighted by Gasteiger charge is 2.69. The highest BCUT2D eigenvalue weighted by molar-refractivity contribution is 5.85. The van der Waals surface area contributed by atoms with Gasteiger partial charge < -0.3 is 10.6 Å². The zero-order valence-corrected chi connectivity index (χ0v) is 15.5. The first kappa shape index (κ1) is 19.3. The molecule has 0 spiro atoms. The Morgan fingerprint density at radius 2 is 1.80 bits per heavy atom. The van der Waals surface area contributed by atoms with Crippen molar-refractivity contribution < 1.29 is 18.0 Å². The lowest BCUT2D eigenvalue weighted by molar-refractivity contribution is -0.284. The number of hydrogen-bond donors (Lipinski definition) is 1. The van der Waals surface area contributed by atoms with Gasteiger partial charge in [0.25, 0.3) is 0 Å². The third kappa shape index (κ3) is 2.78. The average Bonchev–Trinajstić information content (AvgIpc) is 2.87. The van der Waals surface area contributed by atoms with E-state index in [0.717, 1.165) is 12.8 Å². The maximum absolute atomic E-state index is 13.8. The van der Waals surface area contributed by atoms with Gasteiger partial charge in [0, 0.05) is 13.1 Å². The molecule has 0 aromatic rings. The molecule has 4 aliphatic carbocycles. The lowest BCUT2D eigenvalue weighted by Crippen LogP contribution is -2.61. The summed E-state index contributed by atoms with van der Waals surface area (Å²) >= 11 is 0. The normalized spacial score (nSPS) is 45.6. The van der Waals surface area contributed by atoms with E-state index in [-0.39, 0.29) is 54.8 Å². The fourth-order valence-corrected chi connectivity index (χ4v) is 6.54. The van der Waals surface area contributed by atoms with Crippen molar-refractivity contribution in [2.24, 2.45) is 33.8 Å². The Labute approximate surface area is 153 Å². The minimum absolute atomic E-state index is 0. The Hall–Kier alpha value is -0.490. The number of halogens is 4. The Morgan fingerprint density at radius 1 is 1.20 bits per heavy atom. The lowest BCUT2D eigenvalue weighted by Gasteiger charge is -2.61. The van der Waals surface area contributed by atoms with Gasteiger partial charge in [-0.25, -0.2) is 0 Å². The number of carbonyl (C=O) groups excluding carboxylic acids is 1. The van der Waals surface area contributed by atoms with E-state index in [1.807, 2.05) is 4.90 Å². The van der Waals surface area contributed by atoms with Gasteiger partial charge in [-0.3, -0.25) is 4.79 Å². The molecule has 3 unspecified atom stereocenters. The summed E-state index contributed by atoms with van der Waals surface area (Å²) < 4.78 is 41.5. The molecule has 3 atom stereocenters. The van der Waals surface area contributed by atoms with E-state index in [1.165, 1.54) is 0 Å². The Bertz CT molecular complexity index is 553. The molecule has 2 N–H and O–H groups in total. The summed E-state index contributed by atoms with van der Waals surface area (Å²) in [7, 11) is 0. The topological polar surface area (TPSA) is 46.3 Å². The van der Waals surface area contributed by atoms with Crippen molar-refractivity contribution in [2.45, 2.75) is 58.0 Å². The van der Waals surface area contributed by atoms with Crippen molar-refractivity contribution in [1.29, 1.82) is 0 Å². The molecule has 7 heteroatoms. The van der Waals surface area contributed by atoms with E-state index in [9.17, 15) is 18.0 Å². The van der Waals surface area contributed by atoms with Gasteiger partial charge in [0.1, 0.15) is 0 Å². The molecule has 0 aromatic carbocycles. The smallest absolute Gasteiger partial charge is 0.342 e. The highest BCUT2D eigenvalue weighted by atomic mass is 35.5. The summed E-state index contributed by atoms with van der Waals surface area (Å²) in [4.78, 5) is 15.1. The van der Waals surface area contributed by atoms with Crippen LogP contribution in [0.3, 0.4) is 0 Å². The molecule has 1 aliphatic heterocycles. The van der Waals surface area contributed by atoms with Crippen LogP contribution < -0.4 is 5.73 Å². The molecule has 3 nitrogen and oxygen atoms in total. The summed E-state index contributed by atoms with van der Waals surface area (Å²) in [6, 6.07) is 0. The van der Waals surface area contributed by atoms with Crippen LogP contribution in [0.4, 0.5) is 13.2 Å². The van der Waals surface area contributed by atoms with E-state index >= 15 is 0 Å². The maximum Gasteiger partial charge on any atom is 0.394 e. The molecule has 5 fully saturated rings. The number of likely N-dealkylation sites (tertiary alicyclic amines) is 1. The van der Waals surface area contributed by atoms with Crippen LogP contribution in [-0.2, 0) is 4.79 Å². The highest BCUT2D eigenvalue weighted by Crippen LogP contribution is 2.69. The molecular weight excluding hydrogens is 353 g/mol. The predicted octanol–water partition coefficient (Wildman–Crippen LogP) is 3.75. The van der Waals surface area contributed by atoms with Gasteiger partial charge >= 0.3 is 6.18 Å². The van der Waals surface area contributed by atoms with Gasteiger partial charge in [0.15, 0.2) is 0 Å². The van der Waals surface area contributed by atoms with E-state index in [1.54, 1.807) is 0 Å². The molecule has 5 aliphatic rings. The summed E-state index contributed by atoms with van der Waals surface area (Å²) in [6.07, 6.45) is -0.634. The first-order chi connectivity index (χ1) is 11.1. The van der Waals surface area contributed by atoms with E-state index in [4.69, 9.17) is 5.73 Å². The van der Waals surface area contributed by atoms with Gasteiger partial charge in [-0.15, -0.1) is 12.4 Å². The fraction of sp³-hybridized carbons (Fsp3) is 0.944. The van der Waals surface area contributed by atoms with E-state index in [2.05, 4.69) is 6.92 Å². The quantitative estimate of drug-likeness (QED) is 0.793. The first-order valence-electron chi connectivity index (χ1n) is 9.17. The molecule has 1 heterocycles. The first-order valence-corrected chi connectivity index (χ1v) is 9.17. The van der Waals surface area contributed by atoms with Crippen LogP contribution in [0.2, 0.25) is 0 Å². The largest absolute Gasteiger partial charge is 0.394 e. The number of alkyl halides is 3. The van der Waals surface area contributed by atoms with Crippen LogP contribution in [0.1, 0.15) is 51.9 Å². The van der Waals surface area contributed by atoms with Gasteiger partial charge in [-0.05, 0) is 68.7 Å². The predicted molar refractivity (Wildman–Crippen MR) is 91.2 cm³/mol. The van der Waals surface area contributed by atoms with Crippen LogP contribution in [0.15, 0.2) is 0 Å². The number of rotatable bonds is 2. The third-order valence-corrected chi connectivity index (χ3v) is 7.45. The van der Waals surface area contributed by atoms with Crippen molar-refractivity contribution in [2.75, 3.05) is 19.6 Å². The van der Waals surface area contributed by atoms with Crippen molar-refractivity contribution in [3.63, 3.8) is 0 Å². The molecule has 144 valence electrons. The van der Waals surface area contributed by atoms with Crippen molar-refractivity contribution in [3.05, 3.63) is 0 Å². The number of carbonyl (C=O) groups is 1. The number of amides is 1. The van der Waals surface area contributed by atoms with Gasteiger partial charge in [-0.2, -0.15) is 13.2 Å². The Morgan fingerprint density at radius 3 is 2.28 bits per heavy atom. The number of hydrogen-bond acceptors (Lipinski definition) is 2. The monoisotopic (exact) mass is 380 g/mol. The van der Waals surface area contributed by atoms with Gasteiger partial charge in [0.05, 0.1) is 10.8 Å². The Kier molecular flexibility index (Phi) is 4.43. The second-order valence-corrected chi connectivity index (χ2v) is 9.51. The SMILES string of the molecule is CC1(CN)CCN(C(=O)C23CC4CC(C2)CC(C(F)(F)F)(C4)C3)C1.Cl. The second kappa shape index (κ2) is 5.75. The standard InChI is InChI=1S/C18H27F3N2O.ClH/c1-15(10-22)2-3-23(11-15)14(24)16-5-12-4-13(6-16)8-17(7-12,9-16)18(19,20)21;/h12-13H,2-11,22H2,1H3;1H. The van der Waals surface area contributed by atoms with E-state index < -0.39 is 17.0 Å². The zero-order valence-electron chi connectivity index (χ0n) is 14.7. The van der Waals surface area contributed by atoms with Crippen LogP contribution in [0.5, 0.6) is 0 Å². The fourth-order valence-electron chi connectivity index (χ4n) is 6.54. The molecule has 4 bridgehead atoms. The summed E-state index contributed by atoms with van der Waals surface area (Å²) in [5.74, 6) is 0.128. The number of nitrogens with two attached hydrogens (primary N) is 1. The Balaban J connectivity index is 0.00000182. The molecule has 5 rings (SSSR count). The molecule has 4 saturated carbocycles. The minimum Gasteiger partial charge on any atom is -0.342 e. The molecule has 1 amide bonds. The van der Waals surface area contributed by atoms with Gasteiger partial charge in [-0.1, -0.05) is 6.92 Å². The summed E-state index contributed by atoms with van der Waals surface area (Å²) in [6.45, 7) is 3.82. The van der Waals surface area contributed by atoms with Crippen molar-refractivity contribution >= 4 is 18.3 Å². The molecule has 25 heavy (non-hydrogen) atoms. The zero-order chi connectivity index (χ0) is 17.4. The molecule has 1 saturated heterocycles. The molecule has 0 radical (unpaired) electrons. The van der Waals surface area contributed by atoms with Crippen LogP contribution in [0.25, 0.3) is 0 Å². The lowest BCUT2D eigenvalue weighted by atomic mass is 9.43. The molecule has 0 aromatic heterocycles. The number of nitrogens with zero attached hydrogens (tertiary/aromatic N) is 1. The van der Waals surface area contributed by atoms with E-state index in [0.29, 0.717) is 32.5 Å². The average molecular weight is 381 g/mol. The maximum atomic E-state index is 13.8. The van der Waals surface area contributed by atoms with Crippen LogP contribution in [0, 0.1) is 28.1 Å². The minimum atomic E-state index is -4.19. The van der Waals surface area contributed by atoms with Crippen LogP contribution in [-0.4, -0.2) is 36.6 Å². The van der Waals surface area contributed by atoms with Crippen LogP contribution >= 0.6 is 12.4 Å². The second-order valence-electron chi connectivity index (χ2n) is 9.51. The molecular formula is C18H28ClF3N2O. The third-order valence-electron chi connectivity index (χ3n) is 7.45. The van der Waals surface area contributed by atoms with Crippen molar-refractivity contribution in [3.8, 4) is 0 Å². The van der Waals surface area contributed by atoms with Crippen molar-refractivity contribution in [1.82, 2.24) is 4.90 Å².